The molecule has 3 N–H and O–H groups in total. The molecule has 0 aliphatic heterocycles. The molecule has 0 atom stereocenters. The molecule has 0 saturated carbocycles. The summed E-state index contributed by atoms with van der Waals surface area (Å²) in [6, 6.07) is 1.39. The van der Waals surface area contributed by atoms with E-state index in [2.05, 4.69) is 5.32 Å². The monoisotopic (exact) mass is 195 g/mol. The van der Waals surface area contributed by atoms with Crippen molar-refractivity contribution in [3.63, 3.8) is 0 Å². The van der Waals surface area contributed by atoms with Crippen LogP contribution in [0, 0.1) is 0 Å². The Balaban J connectivity index is 2.64. The molecule has 0 radical (unpaired) electrons. The molecule has 76 valence electrons. The molecule has 1 heterocycles. The van der Waals surface area contributed by atoms with Gasteiger partial charge in [-0.05, 0) is 0 Å². The number of pyridine rings is 1. The Morgan fingerprint density at radius 1 is 1.64 bits per heavy atom. The van der Waals surface area contributed by atoms with E-state index >= 15 is 0 Å². The van der Waals surface area contributed by atoms with Crippen LogP contribution in [0.2, 0.25) is 0 Å². The maximum atomic E-state index is 10.9. The van der Waals surface area contributed by atoms with Gasteiger partial charge in [0.2, 0.25) is 11.3 Å². The topological polar surface area (TPSA) is 77.1 Å². The van der Waals surface area contributed by atoms with E-state index < -0.39 is 0 Å². The lowest BCUT2D eigenvalue weighted by Gasteiger charge is -2.05. The van der Waals surface area contributed by atoms with Crippen molar-refractivity contribution in [2.75, 3.05) is 12.8 Å². The van der Waals surface area contributed by atoms with Crippen LogP contribution in [0.3, 0.4) is 0 Å². The summed E-state index contributed by atoms with van der Waals surface area (Å²) < 4.78 is 1.71. The van der Waals surface area contributed by atoms with Crippen molar-refractivity contribution in [2.45, 2.75) is 13.0 Å². The van der Waals surface area contributed by atoms with Gasteiger partial charge in [0.25, 0.3) is 0 Å². The first-order chi connectivity index (χ1) is 6.63. The van der Waals surface area contributed by atoms with E-state index in [1.807, 2.05) is 0 Å². The zero-order valence-corrected chi connectivity index (χ0v) is 7.99. The number of nitrogens with two attached hydrogens (primary N) is 1. The standard InChI is InChI=1S/C9H13N3O2/c1-11-9(14)3-5-12-4-2-8(13)7(10)6-12/h2,4,6H,3,5,10H2,1H3,(H,11,14). The Morgan fingerprint density at radius 2 is 2.36 bits per heavy atom. The predicted octanol–water partition coefficient (Wildman–Crippen LogP) is -0.433. The van der Waals surface area contributed by atoms with E-state index in [9.17, 15) is 9.59 Å². The van der Waals surface area contributed by atoms with Crippen molar-refractivity contribution >= 4 is 11.6 Å². The molecule has 0 spiro atoms. The van der Waals surface area contributed by atoms with Crippen molar-refractivity contribution in [1.82, 2.24) is 9.88 Å². The Kier molecular flexibility index (Phi) is 3.28. The van der Waals surface area contributed by atoms with Crippen LogP contribution in [0.5, 0.6) is 0 Å². The highest BCUT2D eigenvalue weighted by atomic mass is 16.1. The van der Waals surface area contributed by atoms with Gasteiger partial charge in [-0.15, -0.1) is 0 Å². The van der Waals surface area contributed by atoms with Crippen LogP contribution in [-0.2, 0) is 11.3 Å². The van der Waals surface area contributed by atoms with Gasteiger partial charge >= 0.3 is 0 Å². The number of nitrogen functional groups attached to an aromatic ring is 1. The van der Waals surface area contributed by atoms with Gasteiger partial charge in [-0.1, -0.05) is 0 Å². The first kappa shape index (κ1) is 10.3. The summed E-state index contributed by atoms with van der Waals surface area (Å²) in [5.74, 6) is -0.0396. The highest BCUT2D eigenvalue weighted by Crippen LogP contribution is 1.95. The summed E-state index contributed by atoms with van der Waals surface area (Å²) in [4.78, 5) is 21.9. The SMILES string of the molecule is CNC(=O)CCn1ccc(=O)c(N)c1. The molecule has 0 fully saturated rings. The average molecular weight is 195 g/mol. The fraction of sp³-hybridized carbons (Fsp3) is 0.333. The van der Waals surface area contributed by atoms with Crippen molar-refractivity contribution in [3.8, 4) is 0 Å². The maximum absolute atomic E-state index is 10.9. The molecule has 5 heteroatoms. The highest BCUT2D eigenvalue weighted by molar-refractivity contribution is 5.75. The molecular formula is C9H13N3O2. The first-order valence-corrected chi connectivity index (χ1v) is 4.29. The Morgan fingerprint density at radius 3 is 2.93 bits per heavy atom. The molecular weight excluding hydrogens is 182 g/mol. The maximum Gasteiger partial charge on any atom is 0.221 e. The first-order valence-electron chi connectivity index (χ1n) is 4.29. The molecule has 0 aromatic carbocycles. The molecule has 0 aliphatic rings. The molecule has 0 unspecified atom stereocenters. The molecule has 1 amide bonds. The van der Waals surface area contributed by atoms with Crippen LogP contribution in [-0.4, -0.2) is 17.5 Å². The molecule has 1 aromatic rings. The summed E-state index contributed by atoms with van der Waals surface area (Å²) >= 11 is 0. The second-order valence-corrected chi connectivity index (χ2v) is 2.93. The van der Waals surface area contributed by atoms with Crippen molar-refractivity contribution in [3.05, 3.63) is 28.7 Å². The Hall–Kier alpha value is -1.78. The summed E-state index contributed by atoms with van der Waals surface area (Å²) in [6.45, 7) is 0.518. The third-order valence-corrected chi connectivity index (χ3v) is 1.88. The number of hydrogen-bond acceptors (Lipinski definition) is 3. The van der Waals surface area contributed by atoms with Crippen molar-refractivity contribution in [1.29, 1.82) is 0 Å². The Bertz CT molecular complexity index is 384. The van der Waals surface area contributed by atoms with Crippen molar-refractivity contribution in [2.24, 2.45) is 0 Å². The number of hydrogen-bond donors (Lipinski definition) is 2. The normalized spacial score (nSPS) is 9.79. The van der Waals surface area contributed by atoms with Gasteiger partial charge in [-0.3, -0.25) is 9.59 Å². The number of carbonyl (C=O) groups is 1. The summed E-state index contributed by atoms with van der Waals surface area (Å²) in [5.41, 5.74) is 5.43. The minimum absolute atomic E-state index is 0.0396. The molecule has 14 heavy (non-hydrogen) atoms. The molecule has 5 nitrogen and oxygen atoms in total. The van der Waals surface area contributed by atoms with E-state index in [0.29, 0.717) is 13.0 Å². The number of carbonyl (C=O) groups excluding carboxylic acids is 1. The number of amides is 1. The number of aryl methyl sites for hydroxylation is 1. The van der Waals surface area contributed by atoms with Gasteiger partial charge in [0.15, 0.2) is 0 Å². The number of aromatic nitrogens is 1. The number of nitrogens with one attached hydrogen (secondary N) is 1. The van der Waals surface area contributed by atoms with Crippen molar-refractivity contribution < 1.29 is 4.79 Å². The lowest BCUT2D eigenvalue weighted by Crippen LogP contribution is -2.20. The van der Waals surface area contributed by atoms with E-state index in [-0.39, 0.29) is 17.0 Å². The van der Waals surface area contributed by atoms with Crippen LogP contribution in [0.15, 0.2) is 23.3 Å². The number of anilines is 1. The van der Waals surface area contributed by atoms with Gasteiger partial charge in [0.05, 0.1) is 5.69 Å². The largest absolute Gasteiger partial charge is 0.394 e. The quantitative estimate of drug-likeness (QED) is 0.686. The summed E-state index contributed by atoms with van der Waals surface area (Å²) in [5, 5.41) is 2.52. The molecule has 0 aliphatic carbocycles. The summed E-state index contributed by atoms with van der Waals surface area (Å²) in [7, 11) is 1.59. The van der Waals surface area contributed by atoms with Gasteiger partial charge in [-0.25, -0.2) is 0 Å². The Labute approximate surface area is 81.5 Å². The van der Waals surface area contributed by atoms with E-state index in [1.165, 1.54) is 12.3 Å². The average Bonchev–Trinajstić information content (AvgIpc) is 2.19. The van der Waals surface area contributed by atoms with Gasteiger partial charge in [-0.2, -0.15) is 0 Å². The second-order valence-electron chi connectivity index (χ2n) is 2.93. The van der Waals surface area contributed by atoms with Gasteiger partial charge in [0, 0.05) is 38.5 Å². The second kappa shape index (κ2) is 4.45. The summed E-state index contributed by atoms with van der Waals surface area (Å²) in [6.07, 6.45) is 3.52. The number of nitrogens with zero attached hydrogens (tertiary/aromatic N) is 1. The molecule has 0 bridgehead atoms. The molecule has 1 rings (SSSR count). The minimum atomic E-state index is -0.193. The predicted molar refractivity (Wildman–Crippen MR) is 53.8 cm³/mol. The third-order valence-electron chi connectivity index (χ3n) is 1.88. The lowest BCUT2D eigenvalue weighted by atomic mass is 10.3. The van der Waals surface area contributed by atoms with Crippen LogP contribution < -0.4 is 16.5 Å². The smallest absolute Gasteiger partial charge is 0.221 e. The zero-order chi connectivity index (χ0) is 10.6. The van der Waals surface area contributed by atoms with Crippen LogP contribution in [0.1, 0.15) is 6.42 Å². The van der Waals surface area contributed by atoms with E-state index in [1.54, 1.807) is 17.8 Å². The van der Waals surface area contributed by atoms with Crippen LogP contribution in [0.4, 0.5) is 5.69 Å². The van der Waals surface area contributed by atoms with Gasteiger partial charge in [0.1, 0.15) is 0 Å². The fourth-order valence-corrected chi connectivity index (χ4v) is 1.04. The lowest BCUT2D eigenvalue weighted by molar-refractivity contribution is -0.120. The zero-order valence-electron chi connectivity index (χ0n) is 7.99. The van der Waals surface area contributed by atoms with Crippen LogP contribution in [0.25, 0.3) is 0 Å². The highest BCUT2D eigenvalue weighted by Gasteiger charge is 1.99. The van der Waals surface area contributed by atoms with E-state index in [4.69, 9.17) is 5.73 Å². The third kappa shape index (κ3) is 2.62. The van der Waals surface area contributed by atoms with E-state index in [0.717, 1.165) is 0 Å². The van der Waals surface area contributed by atoms with Gasteiger partial charge < -0.3 is 15.6 Å². The molecule has 0 saturated heterocycles. The fourth-order valence-electron chi connectivity index (χ4n) is 1.04. The minimum Gasteiger partial charge on any atom is -0.394 e. The number of rotatable bonds is 3. The van der Waals surface area contributed by atoms with Crippen LogP contribution >= 0.6 is 0 Å². The molecule has 1 aromatic heterocycles.